The number of halogens is 1. The van der Waals surface area contributed by atoms with Gasteiger partial charge in [0.05, 0.1) is 10.5 Å². The van der Waals surface area contributed by atoms with Gasteiger partial charge in [-0.3, -0.25) is 14.9 Å². The average Bonchev–Trinajstić information content (AvgIpc) is 2.38. The molecule has 0 saturated carbocycles. The molecule has 0 spiro atoms. The molecular weight excluding hydrogens is 328 g/mol. The Hall–Kier alpha value is -1.47. The molecule has 1 rings (SSSR count). The molecule has 0 saturated heterocycles. The molecule has 0 fully saturated rings. The van der Waals surface area contributed by atoms with Crippen LogP contribution in [0.3, 0.4) is 0 Å². The van der Waals surface area contributed by atoms with Crippen LogP contribution in [0.2, 0.25) is 0 Å². The van der Waals surface area contributed by atoms with Gasteiger partial charge in [-0.2, -0.15) is 0 Å². The number of carbonyl (C=O) groups excluding carboxylic acids is 1. The zero-order valence-corrected chi connectivity index (χ0v) is 13.0. The van der Waals surface area contributed by atoms with Gasteiger partial charge < -0.3 is 10.0 Å². The Morgan fingerprint density at radius 2 is 2.15 bits per heavy atom. The summed E-state index contributed by atoms with van der Waals surface area (Å²) in [5, 5.41) is 19.8. The Bertz CT molecular complexity index is 505. The summed E-state index contributed by atoms with van der Waals surface area (Å²) in [6, 6.07) is 4.32. The lowest BCUT2D eigenvalue weighted by Gasteiger charge is -2.27. The van der Waals surface area contributed by atoms with Crippen LogP contribution in [0.15, 0.2) is 22.7 Å². The van der Waals surface area contributed by atoms with Crippen molar-refractivity contribution in [3.8, 4) is 0 Å². The monoisotopic (exact) mass is 344 g/mol. The third kappa shape index (κ3) is 3.77. The number of hydrogen-bond donors (Lipinski definition) is 1. The van der Waals surface area contributed by atoms with Gasteiger partial charge in [0, 0.05) is 25.3 Å². The second-order valence-corrected chi connectivity index (χ2v) is 5.36. The van der Waals surface area contributed by atoms with Gasteiger partial charge in [-0.25, -0.2) is 0 Å². The zero-order valence-electron chi connectivity index (χ0n) is 11.4. The van der Waals surface area contributed by atoms with Crippen molar-refractivity contribution in [3.05, 3.63) is 38.3 Å². The highest BCUT2D eigenvalue weighted by molar-refractivity contribution is 9.10. The number of aliphatic hydroxyl groups excluding tert-OH is 1. The van der Waals surface area contributed by atoms with Crippen molar-refractivity contribution in [3.63, 3.8) is 0 Å². The number of benzene rings is 1. The highest BCUT2D eigenvalue weighted by Crippen LogP contribution is 2.29. The van der Waals surface area contributed by atoms with Crippen LogP contribution in [-0.4, -0.2) is 40.0 Å². The first-order valence-electron chi connectivity index (χ1n) is 6.24. The molecule has 1 aromatic rings. The van der Waals surface area contributed by atoms with E-state index in [2.05, 4.69) is 15.9 Å². The number of carbonyl (C=O) groups is 1. The van der Waals surface area contributed by atoms with E-state index in [1.807, 2.05) is 13.8 Å². The van der Waals surface area contributed by atoms with Gasteiger partial charge in [-0.1, -0.05) is 6.07 Å². The zero-order chi connectivity index (χ0) is 15.3. The number of amides is 1. The Morgan fingerprint density at radius 1 is 1.50 bits per heavy atom. The second-order valence-electron chi connectivity index (χ2n) is 4.57. The molecule has 0 heterocycles. The van der Waals surface area contributed by atoms with Crippen LogP contribution in [0.5, 0.6) is 0 Å². The Morgan fingerprint density at radius 3 is 2.65 bits per heavy atom. The molecule has 0 aliphatic heterocycles. The van der Waals surface area contributed by atoms with Crippen LogP contribution in [0.4, 0.5) is 5.69 Å². The first-order valence-corrected chi connectivity index (χ1v) is 7.04. The van der Waals surface area contributed by atoms with Crippen molar-refractivity contribution in [2.24, 2.45) is 0 Å². The molecule has 0 unspecified atom stereocenters. The number of nitro benzene ring substituents is 1. The van der Waals surface area contributed by atoms with Crippen LogP contribution < -0.4 is 0 Å². The lowest BCUT2D eigenvalue weighted by Crippen LogP contribution is -2.38. The number of nitrogens with zero attached hydrogens (tertiary/aromatic N) is 2. The predicted octanol–water partition coefficient (Wildman–Crippen LogP) is 2.59. The minimum atomic E-state index is -0.533. The van der Waals surface area contributed by atoms with E-state index in [9.17, 15) is 14.9 Å². The number of hydrogen-bond acceptors (Lipinski definition) is 4. The Balaban J connectivity index is 3.12. The summed E-state index contributed by atoms with van der Waals surface area (Å²) in [6.07, 6.45) is 0.469. The minimum absolute atomic E-state index is 0.00733. The van der Waals surface area contributed by atoms with Gasteiger partial charge in [-0.05, 0) is 42.3 Å². The van der Waals surface area contributed by atoms with Crippen molar-refractivity contribution < 1.29 is 14.8 Å². The van der Waals surface area contributed by atoms with Gasteiger partial charge in [0.25, 0.3) is 11.6 Å². The molecule has 7 heteroatoms. The summed E-state index contributed by atoms with van der Waals surface area (Å²) in [5.74, 6) is -0.288. The third-order valence-electron chi connectivity index (χ3n) is 2.85. The predicted molar refractivity (Wildman–Crippen MR) is 78.7 cm³/mol. The maximum Gasteiger partial charge on any atom is 0.284 e. The molecule has 0 aromatic heterocycles. The standard InChI is InChI=1S/C13H17BrN2O4/c1-9(2)15(7-4-8-17)13(18)10-5-3-6-11(12(10)14)16(19)20/h3,5-6,9,17H,4,7-8H2,1-2H3. The Labute approximate surface area is 125 Å². The smallest absolute Gasteiger partial charge is 0.284 e. The molecule has 0 aliphatic rings. The summed E-state index contributed by atoms with van der Waals surface area (Å²) < 4.78 is 0.185. The molecule has 110 valence electrons. The molecule has 0 atom stereocenters. The van der Waals surface area contributed by atoms with Gasteiger partial charge in [0.15, 0.2) is 0 Å². The summed E-state index contributed by atoms with van der Waals surface area (Å²) >= 11 is 3.13. The van der Waals surface area contributed by atoms with E-state index in [-0.39, 0.29) is 34.3 Å². The van der Waals surface area contributed by atoms with Gasteiger partial charge in [-0.15, -0.1) is 0 Å². The molecule has 0 radical (unpaired) electrons. The van der Waals surface area contributed by atoms with E-state index in [4.69, 9.17) is 5.11 Å². The normalized spacial score (nSPS) is 10.7. The highest BCUT2D eigenvalue weighted by Gasteiger charge is 2.24. The molecular formula is C13H17BrN2O4. The molecule has 1 amide bonds. The number of nitro groups is 1. The average molecular weight is 345 g/mol. The first kappa shape index (κ1) is 16.6. The molecule has 20 heavy (non-hydrogen) atoms. The van der Waals surface area contributed by atoms with Crippen molar-refractivity contribution in [1.82, 2.24) is 4.90 Å². The van der Waals surface area contributed by atoms with Crippen molar-refractivity contribution >= 4 is 27.5 Å². The molecule has 6 nitrogen and oxygen atoms in total. The highest BCUT2D eigenvalue weighted by atomic mass is 79.9. The summed E-state index contributed by atoms with van der Waals surface area (Å²) in [5.41, 5.74) is 0.118. The van der Waals surface area contributed by atoms with E-state index in [1.54, 1.807) is 11.0 Å². The van der Waals surface area contributed by atoms with E-state index >= 15 is 0 Å². The molecule has 0 bridgehead atoms. The SMILES string of the molecule is CC(C)N(CCCO)C(=O)c1cccc([N+](=O)[O-])c1Br. The van der Waals surface area contributed by atoms with Gasteiger partial charge in [0.2, 0.25) is 0 Å². The molecule has 0 aliphatic carbocycles. The first-order chi connectivity index (χ1) is 9.40. The lowest BCUT2D eigenvalue weighted by atomic mass is 10.1. The maximum absolute atomic E-state index is 12.5. The minimum Gasteiger partial charge on any atom is -0.396 e. The lowest BCUT2D eigenvalue weighted by molar-refractivity contribution is -0.385. The van der Waals surface area contributed by atoms with E-state index in [1.165, 1.54) is 12.1 Å². The fraction of sp³-hybridized carbons (Fsp3) is 0.462. The second kappa shape index (κ2) is 7.35. The van der Waals surface area contributed by atoms with Crippen molar-refractivity contribution in [2.75, 3.05) is 13.2 Å². The molecule has 1 N–H and O–H groups in total. The van der Waals surface area contributed by atoms with E-state index in [0.29, 0.717) is 13.0 Å². The maximum atomic E-state index is 12.5. The fourth-order valence-corrected chi connectivity index (χ4v) is 2.39. The topological polar surface area (TPSA) is 83.7 Å². The van der Waals surface area contributed by atoms with Crippen LogP contribution in [0.25, 0.3) is 0 Å². The Kier molecular flexibility index (Phi) is 6.09. The van der Waals surface area contributed by atoms with Gasteiger partial charge >= 0.3 is 0 Å². The third-order valence-corrected chi connectivity index (χ3v) is 3.68. The van der Waals surface area contributed by atoms with E-state index < -0.39 is 4.92 Å². The number of rotatable bonds is 6. The largest absolute Gasteiger partial charge is 0.396 e. The van der Waals surface area contributed by atoms with Gasteiger partial charge in [0.1, 0.15) is 4.47 Å². The number of aliphatic hydroxyl groups is 1. The van der Waals surface area contributed by atoms with Crippen molar-refractivity contribution in [1.29, 1.82) is 0 Å². The summed E-state index contributed by atoms with van der Waals surface area (Å²) in [7, 11) is 0. The van der Waals surface area contributed by atoms with Crippen LogP contribution in [0.1, 0.15) is 30.6 Å². The van der Waals surface area contributed by atoms with E-state index in [0.717, 1.165) is 0 Å². The fourth-order valence-electron chi connectivity index (χ4n) is 1.82. The van der Waals surface area contributed by atoms with Crippen LogP contribution in [-0.2, 0) is 0 Å². The van der Waals surface area contributed by atoms with Crippen molar-refractivity contribution in [2.45, 2.75) is 26.3 Å². The quantitative estimate of drug-likeness (QED) is 0.634. The summed E-state index contributed by atoms with van der Waals surface area (Å²) in [6.45, 7) is 4.12. The van der Waals surface area contributed by atoms with Crippen LogP contribution in [0, 0.1) is 10.1 Å². The van der Waals surface area contributed by atoms with Crippen LogP contribution >= 0.6 is 15.9 Å². The summed E-state index contributed by atoms with van der Waals surface area (Å²) in [4.78, 5) is 24.4. The molecule has 1 aromatic carbocycles.